The Labute approximate surface area is 428 Å². The van der Waals surface area contributed by atoms with Crippen LogP contribution >= 0.6 is 0 Å². The summed E-state index contributed by atoms with van der Waals surface area (Å²) >= 11 is 0. The lowest BCUT2D eigenvalue weighted by Crippen LogP contribution is -2.59. The Bertz CT molecular complexity index is 2710. The molecule has 0 saturated carbocycles. The van der Waals surface area contributed by atoms with Gasteiger partial charge >= 0.3 is 11.9 Å². The number of carbonyl (C=O) groups excluding carboxylic acids is 5. The minimum absolute atomic E-state index is 0.0475. The van der Waals surface area contributed by atoms with Crippen LogP contribution in [0.4, 0.5) is 17.1 Å². The van der Waals surface area contributed by atoms with Gasteiger partial charge in [-0.3, -0.25) is 24.0 Å². The second-order valence-electron chi connectivity index (χ2n) is 26.0. The van der Waals surface area contributed by atoms with E-state index in [2.05, 4.69) is 155 Å². The fraction of sp³-hybridized carbons (Fsp3) is 0.655. The molecule has 394 valence electrons. The van der Waals surface area contributed by atoms with Gasteiger partial charge in [-0.2, -0.15) is 0 Å². The number of carbonyl (C=O) groups is 5. The lowest BCUT2D eigenvalue weighted by Gasteiger charge is -2.45. The predicted octanol–water partition coefficient (Wildman–Crippen LogP) is 8.01. The van der Waals surface area contributed by atoms with Crippen LogP contribution in [-0.2, 0) is 44.3 Å². The fourth-order valence-corrected chi connectivity index (χ4v) is 13.1. The number of Topliss-reactive ketones (excluding diaryl/α,β-unsaturated/α-hetero) is 1. The summed E-state index contributed by atoms with van der Waals surface area (Å²) in [6.45, 7) is 38.1. The zero-order valence-corrected chi connectivity index (χ0v) is 46.6. The number of ether oxygens (including phenoxy) is 2. The first-order valence-electron chi connectivity index (χ1n) is 26.4. The quantitative estimate of drug-likeness (QED) is 0.0971. The Balaban J connectivity index is 1.24. The highest BCUT2D eigenvalue weighted by Crippen LogP contribution is 2.51. The summed E-state index contributed by atoms with van der Waals surface area (Å²) in [5.74, 6) is -2.47. The van der Waals surface area contributed by atoms with Crippen LogP contribution in [0.3, 0.4) is 0 Å². The first-order valence-corrected chi connectivity index (χ1v) is 26.4. The second kappa shape index (κ2) is 19.0. The highest BCUT2D eigenvalue weighted by molar-refractivity contribution is 6.52. The van der Waals surface area contributed by atoms with Crippen molar-refractivity contribution in [3.05, 3.63) is 57.3 Å². The number of allylic oxidation sites excluding steroid dienone is 2. The molecule has 14 nitrogen and oxygen atoms in total. The maximum Gasteiger partial charge on any atom is 0.306 e. The van der Waals surface area contributed by atoms with Crippen molar-refractivity contribution in [1.29, 1.82) is 0 Å². The van der Waals surface area contributed by atoms with Gasteiger partial charge < -0.3 is 40.7 Å². The Hall–Kier alpha value is -5.08. The van der Waals surface area contributed by atoms with Gasteiger partial charge in [-0.05, 0) is 135 Å². The van der Waals surface area contributed by atoms with Crippen LogP contribution in [0, 0.1) is 0 Å². The molecule has 2 unspecified atom stereocenters. The maximum atomic E-state index is 15.0. The number of anilines is 3. The SMILES string of the molecule is CC(C)N1c2cc(NC(=O)CCC(=O)OC3CC(C)(C)NC(C)(C)C3)c(C3=C(O)/C(=c4/cc5c(cc4NC(=O)CCC(=O)OC4CC(C)(C)NC(C)(C)C4)=[N+](C(C)C)C(C)C5(C)C)C3=O)cc2C(C)(C)C1C. The van der Waals surface area contributed by atoms with E-state index in [1.54, 1.807) is 0 Å². The second-order valence-corrected chi connectivity index (χ2v) is 26.0. The molecule has 0 bridgehead atoms. The highest BCUT2D eigenvalue weighted by Gasteiger charge is 2.48. The summed E-state index contributed by atoms with van der Waals surface area (Å²) < 4.78 is 14.2. The largest absolute Gasteiger partial charge is 0.506 e. The zero-order chi connectivity index (χ0) is 53.6. The molecule has 0 radical (unpaired) electrons. The smallest absolute Gasteiger partial charge is 0.306 e. The molecule has 2 fully saturated rings. The van der Waals surface area contributed by atoms with Crippen molar-refractivity contribution >= 4 is 57.7 Å². The fourth-order valence-electron chi connectivity index (χ4n) is 13.1. The normalized spacial score (nSPS) is 24.5. The summed E-state index contributed by atoms with van der Waals surface area (Å²) in [6, 6.07) is 7.96. The molecule has 5 N–H and O–H groups in total. The van der Waals surface area contributed by atoms with Crippen molar-refractivity contribution < 1.29 is 38.6 Å². The van der Waals surface area contributed by atoms with Crippen molar-refractivity contribution in [2.24, 2.45) is 0 Å². The van der Waals surface area contributed by atoms with Crippen molar-refractivity contribution in [3.8, 4) is 0 Å². The number of nitrogens with zero attached hydrogens (tertiary/aromatic N) is 2. The molecule has 4 aliphatic heterocycles. The van der Waals surface area contributed by atoms with Crippen molar-refractivity contribution in [2.75, 3.05) is 15.5 Å². The molecular formula is C58H85N6O8+. The highest BCUT2D eigenvalue weighted by atomic mass is 16.5. The minimum atomic E-state index is -0.454. The Morgan fingerprint density at radius 1 is 0.667 bits per heavy atom. The molecule has 0 aromatic heterocycles. The van der Waals surface area contributed by atoms with Crippen LogP contribution in [0.15, 0.2) is 30.0 Å². The van der Waals surface area contributed by atoms with Crippen molar-refractivity contribution in [1.82, 2.24) is 15.2 Å². The number of rotatable bonds is 13. The molecule has 2 saturated heterocycles. The molecule has 2 aromatic rings. The van der Waals surface area contributed by atoms with E-state index in [0.29, 0.717) is 47.8 Å². The lowest BCUT2D eigenvalue weighted by atomic mass is 9.76. The van der Waals surface area contributed by atoms with E-state index in [4.69, 9.17) is 9.47 Å². The van der Waals surface area contributed by atoms with E-state index >= 15 is 4.79 Å². The first kappa shape index (κ1) is 54.7. The lowest BCUT2D eigenvalue weighted by molar-refractivity contribution is -0.154. The third-order valence-electron chi connectivity index (χ3n) is 16.3. The van der Waals surface area contributed by atoms with Gasteiger partial charge in [0.25, 0.3) is 0 Å². The first-order chi connectivity index (χ1) is 33.0. The predicted molar refractivity (Wildman–Crippen MR) is 286 cm³/mol. The van der Waals surface area contributed by atoms with Gasteiger partial charge in [-0.25, -0.2) is 4.58 Å². The van der Waals surface area contributed by atoms with Crippen molar-refractivity contribution in [2.45, 2.75) is 245 Å². The van der Waals surface area contributed by atoms with E-state index in [1.807, 2.05) is 24.3 Å². The molecule has 14 heteroatoms. The summed E-state index contributed by atoms with van der Waals surface area (Å²) in [5, 5.41) is 26.9. The standard InChI is InChI=1S/C58H84N6O8/c1-31(2)63-33(5)57(15,16)39-23-37(41(25-43(39)63)59-45(65)19-21-47(67)71-35-27-53(7,8)61-54(9,10)28-35)49-51(69)50(52(49)70)38-24-40-44(64(32(3)4)34(6)58(40,17)18)26-42(38)60-46(66)20-22-48(68)72-36-29-55(11,12)62-56(13,14)30-36/h23-26,31-36,61-62H,19-22,27-30H2,1-18H3,(H2,59,60,65,66,69,70)/p+1. The van der Waals surface area contributed by atoms with Gasteiger partial charge in [0.1, 0.15) is 24.0 Å². The molecule has 0 spiro atoms. The average molecular weight is 994 g/mol. The number of nitrogens with one attached hydrogen (secondary N) is 4. The number of piperidine rings is 2. The number of esters is 2. The van der Waals surface area contributed by atoms with E-state index in [-0.39, 0.29) is 112 Å². The number of amides is 2. The third kappa shape index (κ3) is 10.8. The van der Waals surface area contributed by atoms with Crippen LogP contribution in [0.2, 0.25) is 0 Å². The molecule has 2 aromatic carbocycles. The van der Waals surface area contributed by atoms with Crippen molar-refractivity contribution in [3.63, 3.8) is 0 Å². The summed E-state index contributed by atoms with van der Waals surface area (Å²) in [4.78, 5) is 71.7. The minimum Gasteiger partial charge on any atom is -0.506 e. The number of aliphatic hydroxyl groups excluding tert-OH is 1. The summed E-state index contributed by atoms with van der Waals surface area (Å²) in [7, 11) is 0. The van der Waals surface area contributed by atoms with Gasteiger partial charge in [-0.1, -0.05) is 13.8 Å². The third-order valence-corrected chi connectivity index (χ3v) is 16.3. The average Bonchev–Trinajstić information content (AvgIpc) is 3.52. The van der Waals surface area contributed by atoms with Gasteiger partial charge in [0.2, 0.25) is 23.0 Å². The molecule has 2 amide bonds. The van der Waals surface area contributed by atoms with Gasteiger partial charge in [0.15, 0.2) is 6.04 Å². The van der Waals surface area contributed by atoms with Gasteiger partial charge in [0.05, 0.1) is 40.8 Å². The number of hydrogen-bond donors (Lipinski definition) is 5. The van der Waals surface area contributed by atoms with Crippen LogP contribution in [0.1, 0.15) is 193 Å². The zero-order valence-electron chi connectivity index (χ0n) is 46.6. The number of fused-ring (bicyclic) bond motifs is 2. The monoisotopic (exact) mass is 994 g/mol. The van der Waals surface area contributed by atoms with Gasteiger partial charge in [-0.15, -0.1) is 0 Å². The molecule has 5 aliphatic rings. The Morgan fingerprint density at radius 3 is 1.58 bits per heavy atom. The van der Waals surface area contributed by atoms with Gasteiger partial charge in [0, 0.05) is 106 Å². The van der Waals surface area contributed by atoms with Crippen LogP contribution < -0.4 is 41.3 Å². The van der Waals surface area contributed by atoms with Crippen LogP contribution in [0.5, 0.6) is 0 Å². The molecule has 1 aliphatic carbocycles. The van der Waals surface area contributed by atoms with E-state index in [9.17, 15) is 24.3 Å². The maximum absolute atomic E-state index is 15.0. The Morgan fingerprint density at radius 2 is 1.14 bits per heavy atom. The number of benzene rings is 2. The summed E-state index contributed by atoms with van der Waals surface area (Å²) in [5.41, 5.74) is 2.36. The number of hydrogen-bond acceptors (Lipinski definition) is 11. The number of aliphatic hydroxyl groups is 1. The van der Waals surface area contributed by atoms with E-state index in [0.717, 1.165) is 22.2 Å². The molecule has 72 heavy (non-hydrogen) atoms. The topological polar surface area (TPSA) is 178 Å². The van der Waals surface area contributed by atoms with E-state index < -0.39 is 29.5 Å². The van der Waals surface area contributed by atoms with Crippen LogP contribution in [0.25, 0.3) is 11.1 Å². The Kier molecular flexibility index (Phi) is 14.4. The van der Waals surface area contributed by atoms with E-state index in [1.165, 1.54) is 0 Å². The molecular weight excluding hydrogens is 909 g/mol. The molecule has 7 rings (SSSR count). The molecule has 2 atom stereocenters. The molecule has 4 heterocycles. The van der Waals surface area contributed by atoms with Crippen LogP contribution in [-0.4, -0.2) is 93.2 Å². The summed E-state index contributed by atoms with van der Waals surface area (Å²) in [6.07, 6.45) is 1.48. The number of ketones is 1.